The molecular formula is C8H3BrINO3. The van der Waals surface area contributed by atoms with Crippen LogP contribution in [0.1, 0.15) is 0 Å². The Hall–Kier alpha value is -0.630. The molecule has 0 saturated carbocycles. The van der Waals surface area contributed by atoms with E-state index in [0.717, 1.165) is 8.04 Å². The molecule has 6 heteroatoms. The van der Waals surface area contributed by atoms with E-state index in [-0.39, 0.29) is 0 Å². The van der Waals surface area contributed by atoms with E-state index in [1.807, 2.05) is 22.6 Å². The molecule has 72 valence electrons. The van der Waals surface area contributed by atoms with E-state index in [1.165, 1.54) is 0 Å². The lowest BCUT2D eigenvalue weighted by Crippen LogP contribution is -2.15. The van der Waals surface area contributed by atoms with E-state index in [4.69, 9.17) is 0 Å². The van der Waals surface area contributed by atoms with Crippen LogP contribution < -0.4 is 11.4 Å². The average Bonchev–Trinajstić information content (AvgIpc) is 2.10. The van der Waals surface area contributed by atoms with Crippen molar-refractivity contribution in [2.75, 3.05) is 0 Å². The van der Waals surface area contributed by atoms with Gasteiger partial charge in [-0.1, -0.05) is 0 Å². The number of fused-ring (bicyclic) bond motifs is 1. The zero-order valence-corrected chi connectivity index (χ0v) is 10.4. The lowest BCUT2D eigenvalue weighted by molar-refractivity contribution is 0.460. The Morgan fingerprint density at radius 3 is 2.79 bits per heavy atom. The number of aromatic nitrogens is 1. The Bertz CT molecular complexity index is 616. The normalized spacial score (nSPS) is 10.7. The first kappa shape index (κ1) is 9.91. The predicted molar refractivity (Wildman–Crippen MR) is 63.5 cm³/mol. The lowest BCUT2D eigenvalue weighted by Gasteiger charge is -1.99. The highest BCUT2D eigenvalue weighted by atomic mass is 127. The van der Waals surface area contributed by atoms with E-state index < -0.39 is 11.4 Å². The molecule has 1 heterocycles. The van der Waals surface area contributed by atoms with Crippen molar-refractivity contribution in [2.45, 2.75) is 0 Å². The first-order valence-corrected chi connectivity index (χ1v) is 5.48. The SMILES string of the molecule is O=c1[nH]c2ccc(Br)c(I)c2c(=O)o1. The first-order valence-electron chi connectivity index (χ1n) is 3.61. The summed E-state index contributed by atoms with van der Waals surface area (Å²) in [6.45, 7) is 0. The molecular weight excluding hydrogens is 365 g/mol. The summed E-state index contributed by atoms with van der Waals surface area (Å²) in [6, 6.07) is 3.42. The maximum Gasteiger partial charge on any atom is 0.419 e. The van der Waals surface area contributed by atoms with E-state index >= 15 is 0 Å². The van der Waals surface area contributed by atoms with Gasteiger partial charge in [-0.25, -0.2) is 9.59 Å². The fraction of sp³-hybridized carbons (Fsp3) is 0. The highest BCUT2D eigenvalue weighted by Crippen LogP contribution is 2.23. The second kappa shape index (κ2) is 3.50. The van der Waals surface area contributed by atoms with Gasteiger partial charge in [0.05, 0.1) is 10.9 Å². The molecule has 4 nitrogen and oxygen atoms in total. The number of H-pyrrole nitrogens is 1. The van der Waals surface area contributed by atoms with Crippen LogP contribution in [0.15, 0.2) is 30.6 Å². The van der Waals surface area contributed by atoms with Crippen LogP contribution in [0.5, 0.6) is 0 Å². The largest absolute Gasteiger partial charge is 0.419 e. The van der Waals surface area contributed by atoms with Gasteiger partial charge in [-0.3, -0.25) is 4.98 Å². The van der Waals surface area contributed by atoms with Crippen LogP contribution in [0.25, 0.3) is 10.9 Å². The molecule has 0 aliphatic carbocycles. The van der Waals surface area contributed by atoms with Crippen molar-refractivity contribution in [3.63, 3.8) is 0 Å². The van der Waals surface area contributed by atoms with Crippen LogP contribution >= 0.6 is 38.5 Å². The van der Waals surface area contributed by atoms with Crippen molar-refractivity contribution in [2.24, 2.45) is 0 Å². The first-order chi connectivity index (χ1) is 6.59. The van der Waals surface area contributed by atoms with Gasteiger partial charge in [-0.2, -0.15) is 0 Å². The van der Waals surface area contributed by atoms with Crippen molar-refractivity contribution >= 4 is 49.4 Å². The molecule has 0 saturated heterocycles. The van der Waals surface area contributed by atoms with Gasteiger partial charge in [0.25, 0.3) is 0 Å². The number of benzene rings is 1. The predicted octanol–water partition coefficient (Wildman–Crippen LogP) is 1.85. The van der Waals surface area contributed by atoms with Gasteiger partial charge in [0.15, 0.2) is 0 Å². The molecule has 0 amide bonds. The summed E-state index contributed by atoms with van der Waals surface area (Å²) in [6.07, 6.45) is 0. The number of halogens is 2. The molecule has 0 aliphatic heterocycles. The quantitative estimate of drug-likeness (QED) is 0.723. The highest BCUT2D eigenvalue weighted by molar-refractivity contribution is 14.1. The van der Waals surface area contributed by atoms with E-state index in [0.29, 0.717) is 10.9 Å². The van der Waals surface area contributed by atoms with Crippen molar-refractivity contribution in [1.82, 2.24) is 4.98 Å². The smallest absolute Gasteiger partial charge is 0.372 e. The van der Waals surface area contributed by atoms with Gasteiger partial charge in [0.1, 0.15) is 0 Å². The maximum absolute atomic E-state index is 11.4. The minimum Gasteiger partial charge on any atom is -0.372 e. The van der Waals surface area contributed by atoms with Gasteiger partial charge >= 0.3 is 11.4 Å². The Labute approximate surface area is 99.6 Å². The second-order valence-electron chi connectivity index (χ2n) is 2.59. The Kier molecular flexibility index (Phi) is 2.48. The minimum atomic E-state index is -0.736. The van der Waals surface area contributed by atoms with Gasteiger partial charge in [-0.05, 0) is 50.7 Å². The van der Waals surface area contributed by atoms with Crippen LogP contribution in [0.4, 0.5) is 0 Å². The number of aromatic amines is 1. The molecule has 0 unspecified atom stereocenters. The molecule has 0 aliphatic rings. The average molecular weight is 368 g/mol. The Morgan fingerprint density at radius 2 is 2.07 bits per heavy atom. The van der Waals surface area contributed by atoms with Gasteiger partial charge in [0.2, 0.25) is 0 Å². The molecule has 0 atom stereocenters. The lowest BCUT2D eigenvalue weighted by atomic mass is 10.2. The number of hydrogen-bond acceptors (Lipinski definition) is 3. The monoisotopic (exact) mass is 367 g/mol. The van der Waals surface area contributed by atoms with E-state index in [9.17, 15) is 9.59 Å². The molecule has 1 aromatic carbocycles. The fourth-order valence-corrected chi connectivity index (χ4v) is 2.15. The van der Waals surface area contributed by atoms with Crippen LogP contribution in [0.3, 0.4) is 0 Å². The van der Waals surface area contributed by atoms with Crippen molar-refractivity contribution in [1.29, 1.82) is 0 Å². The molecule has 1 aromatic heterocycles. The van der Waals surface area contributed by atoms with E-state index in [1.54, 1.807) is 12.1 Å². The molecule has 2 aromatic rings. The molecule has 0 radical (unpaired) electrons. The Balaban J connectivity index is 3.11. The summed E-state index contributed by atoms with van der Waals surface area (Å²) in [7, 11) is 0. The second-order valence-corrected chi connectivity index (χ2v) is 4.52. The van der Waals surface area contributed by atoms with Crippen LogP contribution in [0, 0.1) is 3.57 Å². The van der Waals surface area contributed by atoms with Gasteiger partial charge < -0.3 is 4.42 Å². The molecule has 2 rings (SSSR count). The zero-order valence-electron chi connectivity index (χ0n) is 6.64. The number of rotatable bonds is 0. The minimum absolute atomic E-state index is 0.388. The van der Waals surface area contributed by atoms with Gasteiger partial charge in [-0.15, -0.1) is 0 Å². The third-order valence-corrected chi connectivity index (χ3v) is 4.24. The van der Waals surface area contributed by atoms with Crippen molar-refractivity contribution < 1.29 is 4.42 Å². The molecule has 14 heavy (non-hydrogen) atoms. The number of hydrogen-bond donors (Lipinski definition) is 1. The molecule has 0 fully saturated rings. The summed E-state index contributed by atoms with van der Waals surface area (Å²) in [5.74, 6) is -0.736. The highest BCUT2D eigenvalue weighted by Gasteiger charge is 2.08. The summed E-state index contributed by atoms with van der Waals surface area (Å²) >= 11 is 5.30. The molecule has 0 bridgehead atoms. The summed E-state index contributed by atoms with van der Waals surface area (Å²) in [5, 5.41) is 0.388. The Morgan fingerprint density at radius 1 is 1.36 bits per heavy atom. The molecule has 1 N–H and O–H groups in total. The third-order valence-electron chi connectivity index (χ3n) is 1.72. The molecule has 0 spiro atoms. The fourth-order valence-electron chi connectivity index (χ4n) is 1.13. The van der Waals surface area contributed by atoms with Crippen LogP contribution in [-0.2, 0) is 0 Å². The summed E-state index contributed by atoms with van der Waals surface area (Å²) in [4.78, 5) is 24.7. The van der Waals surface area contributed by atoms with Crippen LogP contribution in [0.2, 0.25) is 0 Å². The van der Waals surface area contributed by atoms with Gasteiger partial charge in [0, 0.05) is 8.04 Å². The standard InChI is InChI=1S/C8H3BrINO3/c9-3-1-2-4-5(6(3)10)7(12)14-8(13)11-4/h1-2H,(H,11,13). The summed E-state index contributed by atoms with van der Waals surface area (Å²) < 4.78 is 5.96. The zero-order chi connectivity index (χ0) is 10.3. The van der Waals surface area contributed by atoms with Crippen molar-refractivity contribution in [3.8, 4) is 0 Å². The topological polar surface area (TPSA) is 63.1 Å². The summed E-state index contributed by atoms with van der Waals surface area (Å²) in [5.41, 5.74) is -0.131. The van der Waals surface area contributed by atoms with Crippen molar-refractivity contribution in [3.05, 3.63) is 41.1 Å². The maximum atomic E-state index is 11.4. The van der Waals surface area contributed by atoms with Crippen LogP contribution in [-0.4, -0.2) is 4.98 Å². The van der Waals surface area contributed by atoms with E-state index in [2.05, 4.69) is 25.3 Å². The third kappa shape index (κ3) is 1.52. The number of nitrogens with one attached hydrogen (secondary N) is 1.